The molecule has 0 aliphatic heterocycles. The second-order valence-corrected chi connectivity index (χ2v) is 4.30. The standard InChI is InChI=1S/C12H19N3/c13-11-6-2-1-5-10(11)9-15-12-7-3-4-8-14-12/h3-4,7-8,10-11H,1-2,5-6,9,13H2,(H,14,15). The highest BCUT2D eigenvalue weighted by molar-refractivity contribution is 5.33. The highest BCUT2D eigenvalue weighted by Gasteiger charge is 2.21. The summed E-state index contributed by atoms with van der Waals surface area (Å²) in [7, 11) is 0. The van der Waals surface area contributed by atoms with Crippen LogP contribution < -0.4 is 11.1 Å². The molecule has 3 nitrogen and oxygen atoms in total. The van der Waals surface area contributed by atoms with Crippen molar-refractivity contribution in [1.82, 2.24) is 4.98 Å². The minimum atomic E-state index is 0.370. The lowest BCUT2D eigenvalue weighted by Gasteiger charge is -2.28. The van der Waals surface area contributed by atoms with Crippen LogP contribution in [0.4, 0.5) is 5.82 Å². The largest absolute Gasteiger partial charge is 0.370 e. The van der Waals surface area contributed by atoms with Gasteiger partial charge in [0.2, 0.25) is 0 Å². The van der Waals surface area contributed by atoms with Crippen LogP contribution in [0.5, 0.6) is 0 Å². The molecule has 82 valence electrons. The first kappa shape index (κ1) is 10.4. The van der Waals surface area contributed by atoms with E-state index in [1.807, 2.05) is 24.4 Å². The van der Waals surface area contributed by atoms with Crippen molar-refractivity contribution in [2.45, 2.75) is 31.7 Å². The number of pyridine rings is 1. The van der Waals surface area contributed by atoms with Gasteiger partial charge in [-0.25, -0.2) is 4.98 Å². The van der Waals surface area contributed by atoms with E-state index in [1.54, 1.807) is 0 Å². The third-order valence-electron chi connectivity index (χ3n) is 3.18. The summed E-state index contributed by atoms with van der Waals surface area (Å²) < 4.78 is 0. The van der Waals surface area contributed by atoms with E-state index in [0.717, 1.165) is 12.4 Å². The first-order valence-corrected chi connectivity index (χ1v) is 5.77. The van der Waals surface area contributed by atoms with E-state index in [1.165, 1.54) is 25.7 Å². The Kier molecular flexibility index (Phi) is 3.56. The van der Waals surface area contributed by atoms with Crippen LogP contribution >= 0.6 is 0 Å². The number of hydrogen-bond donors (Lipinski definition) is 2. The first-order chi connectivity index (χ1) is 7.36. The van der Waals surface area contributed by atoms with Gasteiger partial charge in [-0.2, -0.15) is 0 Å². The predicted molar refractivity (Wildman–Crippen MR) is 62.7 cm³/mol. The van der Waals surface area contributed by atoms with Crippen molar-refractivity contribution >= 4 is 5.82 Å². The molecule has 1 fully saturated rings. The van der Waals surface area contributed by atoms with Gasteiger partial charge >= 0.3 is 0 Å². The Bertz CT molecular complexity index is 286. The number of aromatic nitrogens is 1. The smallest absolute Gasteiger partial charge is 0.125 e. The van der Waals surface area contributed by atoms with Gasteiger partial charge in [0, 0.05) is 18.8 Å². The molecule has 0 amide bonds. The van der Waals surface area contributed by atoms with Gasteiger partial charge in [0.05, 0.1) is 0 Å². The van der Waals surface area contributed by atoms with Gasteiger partial charge < -0.3 is 11.1 Å². The SMILES string of the molecule is NC1CCCCC1CNc1ccccn1. The molecule has 2 unspecified atom stereocenters. The summed E-state index contributed by atoms with van der Waals surface area (Å²) >= 11 is 0. The third-order valence-corrected chi connectivity index (χ3v) is 3.18. The van der Waals surface area contributed by atoms with Crippen molar-refractivity contribution in [3.8, 4) is 0 Å². The van der Waals surface area contributed by atoms with Crippen LogP contribution in [0.15, 0.2) is 24.4 Å². The zero-order chi connectivity index (χ0) is 10.5. The number of nitrogens with one attached hydrogen (secondary N) is 1. The zero-order valence-electron chi connectivity index (χ0n) is 9.02. The monoisotopic (exact) mass is 205 g/mol. The summed E-state index contributed by atoms with van der Waals surface area (Å²) in [5.41, 5.74) is 6.08. The van der Waals surface area contributed by atoms with E-state index < -0.39 is 0 Å². The minimum Gasteiger partial charge on any atom is -0.370 e. The Balaban J connectivity index is 1.82. The summed E-state index contributed by atoms with van der Waals surface area (Å²) in [6.45, 7) is 0.957. The van der Waals surface area contributed by atoms with Gasteiger partial charge in [0.25, 0.3) is 0 Å². The van der Waals surface area contributed by atoms with Crippen LogP contribution in [0.3, 0.4) is 0 Å². The molecule has 1 heterocycles. The van der Waals surface area contributed by atoms with Crippen molar-refractivity contribution in [3.63, 3.8) is 0 Å². The van der Waals surface area contributed by atoms with Crippen molar-refractivity contribution in [2.24, 2.45) is 11.7 Å². The molecule has 3 heteroatoms. The zero-order valence-corrected chi connectivity index (χ0v) is 9.02. The van der Waals surface area contributed by atoms with E-state index in [4.69, 9.17) is 5.73 Å². The van der Waals surface area contributed by atoms with Crippen LogP contribution in [0.1, 0.15) is 25.7 Å². The maximum absolute atomic E-state index is 6.08. The van der Waals surface area contributed by atoms with E-state index in [0.29, 0.717) is 12.0 Å². The minimum absolute atomic E-state index is 0.370. The molecular formula is C12H19N3. The second kappa shape index (κ2) is 5.12. The number of rotatable bonds is 3. The maximum atomic E-state index is 6.08. The summed E-state index contributed by atoms with van der Waals surface area (Å²) in [5, 5.41) is 3.35. The van der Waals surface area contributed by atoms with Gasteiger partial charge in [-0.3, -0.25) is 0 Å². The lowest BCUT2D eigenvalue weighted by Crippen LogP contribution is -2.37. The average Bonchev–Trinajstić information content (AvgIpc) is 2.29. The highest BCUT2D eigenvalue weighted by Crippen LogP contribution is 2.22. The van der Waals surface area contributed by atoms with Gasteiger partial charge in [-0.05, 0) is 30.9 Å². The second-order valence-electron chi connectivity index (χ2n) is 4.30. The number of nitrogens with zero attached hydrogens (tertiary/aromatic N) is 1. The molecule has 1 aromatic rings. The molecule has 2 atom stereocenters. The van der Waals surface area contributed by atoms with Crippen LogP contribution in [0, 0.1) is 5.92 Å². The van der Waals surface area contributed by atoms with E-state index >= 15 is 0 Å². The molecule has 0 bridgehead atoms. The first-order valence-electron chi connectivity index (χ1n) is 5.77. The average molecular weight is 205 g/mol. The Morgan fingerprint density at radius 3 is 2.93 bits per heavy atom. The molecule has 15 heavy (non-hydrogen) atoms. The van der Waals surface area contributed by atoms with Gasteiger partial charge in [0.1, 0.15) is 5.82 Å². The van der Waals surface area contributed by atoms with Crippen LogP contribution in [-0.4, -0.2) is 17.6 Å². The molecule has 0 saturated heterocycles. The fraction of sp³-hybridized carbons (Fsp3) is 0.583. The number of nitrogens with two attached hydrogens (primary N) is 1. The molecular weight excluding hydrogens is 186 g/mol. The molecule has 0 spiro atoms. The van der Waals surface area contributed by atoms with Crippen molar-refractivity contribution in [3.05, 3.63) is 24.4 Å². The predicted octanol–water partition coefficient (Wildman–Crippen LogP) is 2.01. The van der Waals surface area contributed by atoms with Gasteiger partial charge in [-0.15, -0.1) is 0 Å². The van der Waals surface area contributed by atoms with Crippen molar-refractivity contribution < 1.29 is 0 Å². The van der Waals surface area contributed by atoms with Crippen molar-refractivity contribution in [1.29, 1.82) is 0 Å². The number of hydrogen-bond acceptors (Lipinski definition) is 3. The fourth-order valence-electron chi connectivity index (χ4n) is 2.19. The van der Waals surface area contributed by atoms with E-state index in [-0.39, 0.29) is 0 Å². The molecule has 1 aromatic heterocycles. The van der Waals surface area contributed by atoms with Crippen LogP contribution in [0.2, 0.25) is 0 Å². The molecule has 3 N–H and O–H groups in total. The highest BCUT2D eigenvalue weighted by atomic mass is 15.0. The Labute approximate surface area is 91.1 Å². The normalized spacial score (nSPS) is 26.2. The summed E-state index contributed by atoms with van der Waals surface area (Å²) in [4.78, 5) is 4.24. The Morgan fingerprint density at radius 1 is 1.33 bits per heavy atom. The lowest BCUT2D eigenvalue weighted by molar-refractivity contribution is 0.321. The summed E-state index contributed by atoms with van der Waals surface area (Å²) in [6, 6.07) is 6.29. The molecule has 0 radical (unpaired) electrons. The third kappa shape index (κ3) is 2.93. The van der Waals surface area contributed by atoms with Crippen LogP contribution in [0.25, 0.3) is 0 Å². The van der Waals surface area contributed by atoms with E-state index in [2.05, 4.69) is 10.3 Å². The Hall–Kier alpha value is -1.09. The number of anilines is 1. The van der Waals surface area contributed by atoms with Crippen molar-refractivity contribution in [2.75, 3.05) is 11.9 Å². The van der Waals surface area contributed by atoms with Gasteiger partial charge in [-0.1, -0.05) is 18.9 Å². The molecule has 1 saturated carbocycles. The summed E-state index contributed by atoms with van der Waals surface area (Å²) in [5.74, 6) is 1.57. The summed E-state index contributed by atoms with van der Waals surface area (Å²) in [6.07, 6.45) is 6.85. The molecule has 1 aliphatic carbocycles. The Morgan fingerprint density at radius 2 is 2.20 bits per heavy atom. The quantitative estimate of drug-likeness (QED) is 0.793. The fourth-order valence-corrected chi connectivity index (χ4v) is 2.19. The van der Waals surface area contributed by atoms with E-state index in [9.17, 15) is 0 Å². The molecule has 0 aromatic carbocycles. The van der Waals surface area contributed by atoms with Gasteiger partial charge in [0.15, 0.2) is 0 Å². The topological polar surface area (TPSA) is 50.9 Å². The molecule has 1 aliphatic rings. The maximum Gasteiger partial charge on any atom is 0.125 e. The lowest BCUT2D eigenvalue weighted by atomic mass is 9.85. The molecule has 2 rings (SSSR count). The van der Waals surface area contributed by atoms with Crippen LogP contribution in [-0.2, 0) is 0 Å².